The van der Waals surface area contributed by atoms with Crippen LogP contribution in [-0.2, 0) is 5.41 Å². The molecule has 0 spiro atoms. The average molecular weight is 490 g/mol. The molecule has 2 aromatic heterocycles. The van der Waals surface area contributed by atoms with Crippen LogP contribution in [0.1, 0.15) is 52.4 Å². The highest BCUT2D eigenvalue weighted by Crippen LogP contribution is 2.45. The second kappa shape index (κ2) is 8.34. The first-order valence-corrected chi connectivity index (χ1v) is 12.5. The lowest BCUT2D eigenvalue weighted by molar-refractivity contribution is 0.0969. The van der Waals surface area contributed by atoms with Gasteiger partial charge < -0.3 is 5.32 Å². The number of aromatic nitrogens is 2. The molecule has 3 aliphatic rings. The number of pyridine rings is 2. The SMILES string of the molecule is Cc1cccnc1N1C[C@](C)(c2cccc(F)c2F)c2c(cnc(NC3CN(C4CC4)C3)c2C)C1=O. The van der Waals surface area contributed by atoms with Crippen LogP contribution < -0.4 is 10.2 Å². The summed E-state index contributed by atoms with van der Waals surface area (Å²) >= 11 is 0. The molecular formula is C28H29F2N5O. The molecule has 2 fully saturated rings. The van der Waals surface area contributed by atoms with Gasteiger partial charge in [-0.05, 0) is 62.4 Å². The molecule has 1 aromatic carbocycles. The van der Waals surface area contributed by atoms with Gasteiger partial charge in [0.25, 0.3) is 5.91 Å². The Bertz CT molecular complexity index is 1370. The number of aryl methyl sites for hydroxylation is 1. The van der Waals surface area contributed by atoms with Crippen molar-refractivity contribution in [1.82, 2.24) is 14.9 Å². The summed E-state index contributed by atoms with van der Waals surface area (Å²) in [6.07, 6.45) is 5.75. The van der Waals surface area contributed by atoms with E-state index in [1.165, 1.54) is 18.9 Å². The van der Waals surface area contributed by atoms with Gasteiger partial charge in [-0.2, -0.15) is 0 Å². The Labute approximate surface area is 209 Å². The van der Waals surface area contributed by atoms with Crippen LogP contribution in [0.25, 0.3) is 0 Å². The topological polar surface area (TPSA) is 61.4 Å². The maximum Gasteiger partial charge on any atom is 0.261 e. The molecule has 36 heavy (non-hydrogen) atoms. The molecule has 186 valence electrons. The number of hydrogen-bond donors (Lipinski definition) is 1. The minimum absolute atomic E-state index is 0.125. The predicted molar refractivity (Wildman–Crippen MR) is 134 cm³/mol. The molecule has 1 N–H and O–H groups in total. The van der Waals surface area contributed by atoms with Gasteiger partial charge in [-0.3, -0.25) is 14.6 Å². The normalized spacial score (nSPS) is 22.4. The molecule has 6 nitrogen and oxygen atoms in total. The second-order valence-electron chi connectivity index (χ2n) is 10.5. The van der Waals surface area contributed by atoms with Crippen LogP contribution in [0.3, 0.4) is 0 Å². The smallest absolute Gasteiger partial charge is 0.261 e. The van der Waals surface area contributed by atoms with E-state index in [1.807, 2.05) is 26.8 Å². The monoisotopic (exact) mass is 489 g/mol. The zero-order valence-corrected chi connectivity index (χ0v) is 20.7. The van der Waals surface area contributed by atoms with Crippen molar-refractivity contribution in [1.29, 1.82) is 0 Å². The van der Waals surface area contributed by atoms with Gasteiger partial charge in [0.1, 0.15) is 11.6 Å². The Balaban J connectivity index is 1.47. The number of amides is 1. The molecule has 2 aliphatic heterocycles. The summed E-state index contributed by atoms with van der Waals surface area (Å²) in [4.78, 5) is 26.9. The van der Waals surface area contributed by atoms with E-state index in [0.29, 0.717) is 22.8 Å². The van der Waals surface area contributed by atoms with Crippen molar-refractivity contribution in [2.75, 3.05) is 29.9 Å². The number of rotatable bonds is 5. The third kappa shape index (κ3) is 3.58. The molecule has 1 saturated carbocycles. The molecule has 1 amide bonds. The first-order valence-electron chi connectivity index (χ1n) is 12.5. The van der Waals surface area contributed by atoms with Gasteiger partial charge in [0.05, 0.1) is 11.6 Å². The van der Waals surface area contributed by atoms with E-state index < -0.39 is 17.0 Å². The molecule has 0 bridgehead atoms. The molecule has 1 atom stereocenters. The summed E-state index contributed by atoms with van der Waals surface area (Å²) in [7, 11) is 0. The lowest BCUT2D eigenvalue weighted by Crippen LogP contribution is -2.55. The molecule has 8 heteroatoms. The van der Waals surface area contributed by atoms with Gasteiger partial charge in [-0.1, -0.05) is 18.2 Å². The van der Waals surface area contributed by atoms with Crippen molar-refractivity contribution in [3.63, 3.8) is 0 Å². The summed E-state index contributed by atoms with van der Waals surface area (Å²) in [5.41, 5.74) is 1.85. The first kappa shape index (κ1) is 23.0. The lowest BCUT2D eigenvalue weighted by atomic mass is 9.70. The second-order valence-corrected chi connectivity index (χ2v) is 10.5. The molecule has 6 rings (SSSR count). The van der Waals surface area contributed by atoms with Crippen LogP contribution >= 0.6 is 0 Å². The Kier molecular flexibility index (Phi) is 5.33. The molecule has 1 aliphatic carbocycles. The van der Waals surface area contributed by atoms with E-state index in [2.05, 4.69) is 20.2 Å². The van der Waals surface area contributed by atoms with Crippen molar-refractivity contribution >= 4 is 17.5 Å². The van der Waals surface area contributed by atoms with Gasteiger partial charge in [0, 0.05) is 49.0 Å². The highest BCUT2D eigenvalue weighted by atomic mass is 19.2. The largest absolute Gasteiger partial charge is 0.365 e. The Morgan fingerprint density at radius 3 is 2.58 bits per heavy atom. The number of nitrogens with zero attached hydrogens (tertiary/aromatic N) is 4. The minimum atomic E-state index is -1.03. The van der Waals surface area contributed by atoms with Gasteiger partial charge >= 0.3 is 0 Å². The summed E-state index contributed by atoms with van der Waals surface area (Å²) in [5.74, 6) is -0.861. The third-order valence-electron chi connectivity index (χ3n) is 7.92. The zero-order valence-electron chi connectivity index (χ0n) is 20.7. The number of carbonyl (C=O) groups excluding carboxylic acids is 1. The maximum atomic E-state index is 15.3. The standard InChI is InChI=1S/C28H29F2N5O/c1-16-6-5-11-31-26(16)35-15-28(3,21-7-4-8-22(29)24(21)30)23-17(2)25(32-12-20(23)27(35)36)33-18-13-34(14-18)19-9-10-19/h4-8,11-12,18-19H,9-10,13-15H2,1-3H3,(H,32,33)/t28-/m1/s1. The predicted octanol–water partition coefficient (Wildman–Crippen LogP) is 4.60. The van der Waals surface area contributed by atoms with Gasteiger partial charge in [-0.25, -0.2) is 18.7 Å². The van der Waals surface area contributed by atoms with Crippen LogP contribution in [0, 0.1) is 25.5 Å². The van der Waals surface area contributed by atoms with E-state index in [4.69, 9.17) is 0 Å². The summed E-state index contributed by atoms with van der Waals surface area (Å²) in [5, 5.41) is 3.53. The van der Waals surface area contributed by atoms with Crippen LogP contribution in [0.5, 0.6) is 0 Å². The number of nitrogens with one attached hydrogen (secondary N) is 1. The fourth-order valence-electron chi connectivity index (χ4n) is 5.86. The fourth-order valence-corrected chi connectivity index (χ4v) is 5.86. The number of benzene rings is 1. The number of hydrogen-bond acceptors (Lipinski definition) is 5. The molecule has 4 heterocycles. The van der Waals surface area contributed by atoms with Crippen molar-refractivity contribution in [3.05, 3.63) is 82.2 Å². The van der Waals surface area contributed by atoms with E-state index >= 15 is 4.39 Å². The van der Waals surface area contributed by atoms with Gasteiger partial charge in [0.2, 0.25) is 0 Å². The summed E-state index contributed by atoms with van der Waals surface area (Å²) in [6, 6.07) is 8.92. The van der Waals surface area contributed by atoms with Crippen molar-refractivity contribution in [2.45, 2.75) is 51.1 Å². The highest BCUT2D eigenvalue weighted by molar-refractivity contribution is 6.09. The Morgan fingerprint density at radius 2 is 1.86 bits per heavy atom. The van der Waals surface area contributed by atoms with E-state index in [-0.39, 0.29) is 24.1 Å². The Hall–Kier alpha value is -3.39. The zero-order chi connectivity index (χ0) is 25.2. The quantitative estimate of drug-likeness (QED) is 0.568. The van der Waals surface area contributed by atoms with Crippen molar-refractivity contribution in [3.8, 4) is 0 Å². The maximum absolute atomic E-state index is 15.3. The number of anilines is 2. The van der Waals surface area contributed by atoms with Crippen molar-refractivity contribution in [2.24, 2.45) is 0 Å². The number of carbonyl (C=O) groups is 1. The number of fused-ring (bicyclic) bond motifs is 1. The van der Waals surface area contributed by atoms with E-state index in [0.717, 1.165) is 36.3 Å². The fraction of sp³-hybridized carbons (Fsp3) is 0.393. The van der Waals surface area contributed by atoms with Gasteiger partial charge in [0.15, 0.2) is 11.6 Å². The van der Waals surface area contributed by atoms with Crippen LogP contribution in [-0.4, -0.2) is 52.5 Å². The van der Waals surface area contributed by atoms with Gasteiger partial charge in [-0.15, -0.1) is 0 Å². The first-order chi connectivity index (χ1) is 17.3. The van der Waals surface area contributed by atoms with Crippen LogP contribution in [0.15, 0.2) is 42.7 Å². The van der Waals surface area contributed by atoms with Crippen LogP contribution in [0.2, 0.25) is 0 Å². The van der Waals surface area contributed by atoms with Crippen molar-refractivity contribution < 1.29 is 13.6 Å². The van der Waals surface area contributed by atoms with E-state index in [9.17, 15) is 9.18 Å². The molecule has 1 saturated heterocycles. The summed E-state index contributed by atoms with van der Waals surface area (Å²) in [6.45, 7) is 7.71. The molecular weight excluding hydrogens is 460 g/mol. The van der Waals surface area contributed by atoms with E-state index in [1.54, 1.807) is 29.4 Å². The summed E-state index contributed by atoms with van der Waals surface area (Å²) < 4.78 is 29.8. The third-order valence-corrected chi connectivity index (χ3v) is 7.92. The number of likely N-dealkylation sites (tertiary alicyclic amines) is 1. The van der Waals surface area contributed by atoms with Crippen LogP contribution in [0.4, 0.5) is 20.4 Å². The molecule has 0 unspecified atom stereocenters. The highest BCUT2D eigenvalue weighted by Gasteiger charge is 2.46. The number of halogens is 2. The lowest BCUT2D eigenvalue weighted by Gasteiger charge is -2.44. The molecule has 3 aromatic rings. The average Bonchev–Trinajstić information content (AvgIpc) is 3.66. The minimum Gasteiger partial charge on any atom is -0.365 e. The molecule has 0 radical (unpaired) electrons. The Morgan fingerprint density at radius 1 is 1.08 bits per heavy atom.